The number of nitrogens with one attached hydrogen (secondary N) is 1. The molecule has 5 heteroatoms. The van der Waals surface area contributed by atoms with Crippen LogP contribution in [0.1, 0.15) is 17.5 Å². The zero-order chi connectivity index (χ0) is 14.8. The molecule has 4 nitrogen and oxygen atoms in total. The van der Waals surface area contributed by atoms with Crippen LogP contribution in [0, 0.1) is 13.8 Å². The van der Waals surface area contributed by atoms with E-state index in [1.807, 2.05) is 0 Å². The lowest BCUT2D eigenvalue weighted by molar-refractivity contribution is 0.495. The molecule has 0 aliphatic carbocycles. The van der Waals surface area contributed by atoms with E-state index >= 15 is 0 Å². The second-order valence-corrected chi connectivity index (χ2v) is 7.99. The van der Waals surface area contributed by atoms with Crippen molar-refractivity contribution >= 4 is 15.5 Å². The van der Waals surface area contributed by atoms with Crippen LogP contribution in [0.25, 0.3) is 0 Å². The number of rotatable bonds is 4. The Kier molecular flexibility index (Phi) is 4.70. The van der Waals surface area contributed by atoms with Crippen molar-refractivity contribution in [3.8, 4) is 0 Å². The molecule has 0 saturated carbocycles. The number of aryl methyl sites for hydroxylation is 2. The molecule has 1 aromatic carbocycles. The zero-order valence-electron chi connectivity index (χ0n) is 12.5. The Hall–Kier alpha value is -1.07. The summed E-state index contributed by atoms with van der Waals surface area (Å²) in [7, 11) is -0.775. The highest BCUT2D eigenvalue weighted by molar-refractivity contribution is 7.91. The molecule has 1 fully saturated rings. The second-order valence-electron chi connectivity index (χ2n) is 5.77. The number of hydrogen-bond acceptors (Lipinski definition) is 4. The summed E-state index contributed by atoms with van der Waals surface area (Å²) in [6.07, 6.45) is 0.850. The van der Waals surface area contributed by atoms with Gasteiger partial charge in [0.15, 0.2) is 9.84 Å². The third-order valence-electron chi connectivity index (χ3n) is 3.88. The van der Waals surface area contributed by atoms with Gasteiger partial charge in [-0.15, -0.1) is 0 Å². The van der Waals surface area contributed by atoms with E-state index in [-0.39, 0.29) is 17.5 Å². The molecule has 0 amide bonds. The Morgan fingerprint density at radius 1 is 1.35 bits per heavy atom. The number of anilines is 1. The van der Waals surface area contributed by atoms with E-state index in [2.05, 4.69) is 49.3 Å². The number of sulfone groups is 1. The van der Waals surface area contributed by atoms with Crippen molar-refractivity contribution in [1.82, 2.24) is 5.32 Å². The van der Waals surface area contributed by atoms with E-state index < -0.39 is 9.84 Å². The van der Waals surface area contributed by atoms with Gasteiger partial charge in [0.05, 0.1) is 11.5 Å². The third kappa shape index (κ3) is 3.96. The molecule has 1 aliphatic heterocycles. The summed E-state index contributed by atoms with van der Waals surface area (Å²) in [6, 6.07) is 6.51. The maximum atomic E-state index is 11.6. The van der Waals surface area contributed by atoms with Gasteiger partial charge in [-0.2, -0.15) is 0 Å². The van der Waals surface area contributed by atoms with Crippen LogP contribution in [0.5, 0.6) is 0 Å². The van der Waals surface area contributed by atoms with Gasteiger partial charge in [0, 0.05) is 31.9 Å². The van der Waals surface area contributed by atoms with Crippen LogP contribution >= 0.6 is 0 Å². The van der Waals surface area contributed by atoms with E-state index in [0.717, 1.165) is 13.0 Å². The fourth-order valence-corrected chi connectivity index (χ4v) is 4.25. The van der Waals surface area contributed by atoms with Gasteiger partial charge in [-0.05, 0) is 31.9 Å². The van der Waals surface area contributed by atoms with Gasteiger partial charge in [0.2, 0.25) is 0 Å². The molecule has 1 heterocycles. The van der Waals surface area contributed by atoms with Gasteiger partial charge >= 0.3 is 0 Å². The summed E-state index contributed by atoms with van der Waals surface area (Å²) in [5.74, 6) is 0.546. The van der Waals surface area contributed by atoms with Crippen molar-refractivity contribution in [3.63, 3.8) is 0 Å². The minimum Gasteiger partial charge on any atom is -0.374 e. The number of hydrogen-bond donors (Lipinski definition) is 1. The predicted molar refractivity (Wildman–Crippen MR) is 84.2 cm³/mol. The first-order valence-corrected chi connectivity index (χ1v) is 8.92. The largest absolute Gasteiger partial charge is 0.374 e. The molecular weight excluding hydrogens is 272 g/mol. The van der Waals surface area contributed by atoms with Crippen molar-refractivity contribution in [1.29, 1.82) is 0 Å². The van der Waals surface area contributed by atoms with Gasteiger partial charge in [-0.25, -0.2) is 8.42 Å². The smallest absolute Gasteiger partial charge is 0.153 e. The van der Waals surface area contributed by atoms with Crippen LogP contribution in [0.3, 0.4) is 0 Å². The molecule has 20 heavy (non-hydrogen) atoms. The Morgan fingerprint density at radius 2 is 2.10 bits per heavy atom. The van der Waals surface area contributed by atoms with E-state index in [4.69, 9.17) is 0 Å². The first-order valence-electron chi connectivity index (χ1n) is 7.09. The lowest BCUT2D eigenvalue weighted by Crippen LogP contribution is -2.46. The Balaban J connectivity index is 1.93. The second kappa shape index (κ2) is 6.14. The number of nitrogens with zero attached hydrogens (tertiary/aromatic N) is 1. The van der Waals surface area contributed by atoms with Crippen molar-refractivity contribution in [3.05, 3.63) is 29.3 Å². The SMILES string of the molecule is Cc1ccc(N(C)CCC2CS(=O)(=O)CCN2)c(C)c1. The predicted octanol–water partition coefficient (Wildman–Crippen LogP) is 1.52. The van der Waals surface area contributed by atoms with Crippen LogP contribution in [0.2, 0.25) is 0 Å². The fraction of sp³-hybridized carbons (Fsp3) is 0.600. The van der Waals surface area contributed by atoms with Gasteiger partial charge in [0.25, 0.3) is 0 Å². The topological polar surface area (TPSA) is 49.4 Å². The lowest BCUT2D eigenvalue weighted by atomic mass is 10.1. The van der Waals surface area contributed by atoms with Crippen LogP contribution in [0.15, 0.2) is 18.2 Å². The minimum atomic E-state index is -2.84. The Morgan fingerprint density at radius 3 is 2.75 bits per heavy atom. The molecule has 0 radical (unpaired) electrons. The van der Waals surface area contributed by atoms with Crippen molar-refractivity contribution in [2.24, 2.45) is 0 Å². The molecule has 0 aromatic heterocycles. The Labute approximate surface area is 122 Å². The molecule has 1 aromatic rings. The van der Waals surface area contributed by atoms with E-state index in [1.165, 1.54) is 16.8 Å². The first kappa shape index (κ1) is 15.3. The van der Waals surface area contributed by atoms with Crippen molar-refractivity contribution < 1.29 is 8.42 Å². The lowest BCUT2D eigenvalue weighted by Gasteiger charge is -2.27. The highest BCUT2D eigenvalue weighted by Crippen LogP contribution is 2.20. The molecule has 1 atom stereocenters. The van der Waals surface area contributed by atoms with Gasteiger partial charge in [0.1, 0.15) is 0 Å². The highest BCUT2D eigenvalue weighted by atomic mass is 32.2. The van der Waals surface area contributed by atoms with Crippen molar-refractivity contribution in [2.45, 2.75) is 26.3 Å². The van der Waals surface area contributed by atoms with Crippen molar-refractivity contribution in [2.75, 3.05) is 36.5 Å². The third-order valence-corrected chi connectivity index (χ3v) is 5.61. The molecule has 2 rings (SSSR count). The summed E-state index contributed by atoms with van der Waals surface area (Å²) < 4.78 is 23.2. The van der Waals surface area contributed by atoms with E-state index in [0.29, 0.717) is 6.54 Å². The summed E-state index contributed by atoms with van der Waals surface area (Å²) in [5, 5.41) is 3.30. The highest BCUT2D eigenvalue weighted by Gasteiger charge is 2.24. The fourth-order valence-electron chi connectivity index (χ4n) is 2.76. The molecule has 1 N–H and O–H groups in total. The van der Waals surface area contributed by atoms with Gasteiger partial charge in [-0.1, -0.05) is 17.7 Å². The summed E-state index contributed by atoms with van der Waals surface area (Å²) >= 11 is 0. The average Bonchev–Trinajstić information content (AvgIpc) is 2.35. The standard InChI is InChI=1S/C15H24N2O2S/c1-12-4-5-15(13(2)10-12)17(3)8-6-14-11-20(18,19)9-7-16-14/h4-5,10,14,16H,6-9,11H2,1-3H3. The van der Waals surface area contributed by atoms with E-state index in [9.17, 15) is 8.42 Å². The van der Waals surface area contributed by atoms with Crippen LogP contribution in [-0.2, 0) is 9.84 Å². The van der Waals surface area contributed by atoms with Gasteiger partial charge < -0.3 is 10.2 Å². The molecule has 112 valence electrons. The van der Waals surface area contributed by atoms with Crippen LogP contribution in [0.4, 0.5) is 5.69 Å². The average molecular weight is 296 g/mol. The zero-order valence-corrected chi connectivity index (χ0v) is 13.3. The maximum Gasteiger partial charge on any atom is 0.153 e. The first-order chi connectivity index (χ1) is 9.37. The summed E-state index contributed by atoms with van der Waals surface area (Å²) in [4.78, 5) is 2.21. The quantitative estimate of drug-likeness (QED) is 0.915. The normalized spacial score (nSPS) is 21.6. The number of benzene rings is 1. The van der Waals surface area contributed by atoms with Crippen LogP contribution < -0.4 is 10.2 Å². The molecule has 0 spiro atoms. The molecule has 0 bridgehead atoms. The van der Waals surface area contributed by atoms with E-state index in [1.54, 1.807) is 0 Å². The monoisotopic (exact) mass is 296 g/mol. The maximum absolute atomic E-state index is 11.6. The Bertz CT molecular complexity index is 569. The minimum absolute atomic E-state index is 0.0851. The molecular formula is C15H24N2O2S. The summed E-state index contributed by atoms with van der Waals surface area (Å²) in [6.45, 7) is 5.65. The van der Waals surface area contributed by atoms with Crippen LogP contribution in [-0.4, -0.2) is 46.1 Å². The van der Waals surface area contributed by atoms with Gasteiger partial charge in [-0.3, -0.25) is 0 Å². The summed E-state index contributed by atoms with van der Waals surface area (Å²) in [5.41, 5.74) is 3.74. The molecule has 1 saturated heterocycles. The molecule has 1 unspecified atom stereocenters. The molecule has 1 aliphatic rings.